The SMILES string of the molecule is Cc1ccc(-c2c(C#N)nnn2C(C)c2ccccc2)cc1C. The molecule has 0 saturated heterocycles. The molecule has 1 heterocycles. The first-order valence-corrected chi connectivity index (χ1v) is 7.59. The van der Waals surface area contributed by atoms with Crippen LogP contribution in [0.3, 0.4) is 0 Å². The number of aromatic nitrogens is 3. The first-order chi connectivity index (χ1) is 11.1. The molecule has 0 amide bonds. The van der Waals surface area contributed by atoms with Crippen LogP contribution >= 0.6 is 0 Å². The van der Waals surface area contributed by atoms with Crippen molar-refractivity contribution in [2.75, 3.05) is 0 Å². The second kappa shape index (κ2) is 6.05. The molecule has 0 aliphatic carbocycles. The van der Waals surface area contributed by atoms with Gasteiger partial charge in [0, 0.05) is 5.56 Å². The van der Waals surface area contributed by atoms with E-state index in [2.05, 4.69) is 61.4 Å². The fourth-order valence-electron chi connectivity index (χ4n) is 2.67. The summed E-state index contributed by atoms with van der Waals surface area (Å²) >= 11 is 0. The van der Waals surface area contributed by atoms with Crippen LogP contribution in [-0.4, -0.2) is 15.0 Å². The maximum atomic E-state index is 9.40. The number of aryl methyl sites for hydroxylation is 2. The van der Waals surface area contributed by atoms with E-state index in [0.29, 0.717) is 5.69 Å². The molecule has 0 saturated carbocycles. The summed E-state index contributed by atoms with van der Waals surface area (Å²) < 4.78 is 1.83. The highest BCUT2D eigenvalue weighted by Gasteiger charge is 2.20. The molecular weight excluding hydrogens is 284 g/mol. The minimum absolute atomic E-state index is 0.00223. The summed E-state index contributed by atoms with van der Waals surface area (Å²) in [6, 6.07) is 18.5. The molecule has 0 aliphatic heterocycles. The van der Waals surface area contributed by atoms with E-state index in [-0.39, 0.29) is 6.04 Å². The number of benzene rings is 2. The quantitative estimate of drug-likeness (QED) is 0.733. The maximum absolute atomic E-state index is 9.40. The predicted octanol–water partition coefficient (Wildman–Crippen LogP) is 4.04. The van der Waals surface area contributed by atoms with Crippen molar-refractivity contribution in [1.82, 2.24) is 15.0 Å². The van der Waals surface area contributed by atoms with Crippen molar-refractivity contribution in [3.05, 3.63) is 70.9 Å². The van der Waals surface area contributed by atoms with Gasteiger partial charge in [0.1, 0.15) is 11.8 Å². The number of nitrogens with zero attached hydrogens (tertiary/aromatic N) is 4. The Labute approximate surface area is 136 Å². The predicted molar refractivity (Wildman–Crippen MR) is 89.9 cm³/mol. The Kier molecular flexibility index (Phi) is 3.94. The van der Waals surface area contributed by atoms with Gasteiger partial charge in [-0.15, -0.1) is 5.10 Å². The monoisotopic (exact) mass is 302 g/mol. The molecule has 4 nitrogen and oxygen atoms in total. The van der Waals surface area contributed by atoms with Crippen LogP contribution in [0.25, 0.3) is 11.3 Å². The average molecular weight is 302 g/mol. The number of rotatable bonds is 3. The summed E-state index contributed by atoms with van der Waals surface area (Å²) in [6.45, 7) is 6.21. The van der Waals surface area contributed by atoms with Crippen molar-refractivity contribution in [1.29, 1.82) is 5.26 Å². The number of nitriles is 1. The minimum Gasteiger partial charge on any atom is -0.236 e. The molecule has 1 aromatic heterocycles. The van der Waals surface area contributed by atoms with Crippen LogP contribution in [0.5, 0.6) is 0 Å². The van der Waals surface area contributed by atoms with Gasteiger partial charge in [0.25, 0.3) is 0 Å². The van der Waals surface area contributed by atoms with Gasteiger partial charge >= 0.3 is 0 Å². The highest BCUT2D eigenvalue weighted by Crippen LogP contribution is 2.29. The highest BCUT2D eigenvalue weighted by atomic mass is 15.4. The Morgan fingerprint density at radius 3 is 2.43 bits per heavy atom. The first kappa shape index (κ1) is 15.0. The fraction of sp³-hybridized carbons (Fsp3) is 0.211. The summed E-state index contributed by atoms with van der Waals surface area (Å²) in [4.78, 5) is 0. The third kappa shape index (κ3) is 2.74. The Hall–Kier alpha value is -2.93. The lowest BCUT2D eigenvalue weighted by atomic mass is 10.0. The molecule has 0 fully saturated rings. The molecular formula is C19H18N4. The van der Waals surface area contributed by atoms with Gasteiger partial charge in [-0.2, -0.15) is 5.26 Å². The van der Waals surface area contributed by atoms with Crippen LogP contribution in [0.15, 0.2) is 48.5 Å². The fourth-order valence-corrected chi connectivity index (χ4v) is 2.67. The van der Waals surface area contributed by atoms with E-state index in [1.165, 1.54) is 11.1 Å². The van der Waals surface area contributed by atoms with E-state index >= 15 is 0 Å². The second-order valence-electron chi connectivity index (χ2n) is 5.73. The molecule has 0 aliphatic rings. The Morgan fingerprint density at radius 1 is 1.04 bits per heavy atom. The van der Waals surface area contributed by atoms with Gasteiger partial charge in [0.05, 0.1) is 6.04 Å². The Morgan fingerprint density at radius 2 is 1.78 bits per heavy atom. The molecule has 0 bridgehead atoms. The zero-order valence-corrected chi connectivity index (χ0v) is 13.5. The zero-order chi connectivity index (χ0) is 16.4. The number of hydrogen-bond acceptors (Lipinski definition) is 3. The van der Waals surface area contributed by atoms with Crippen LogP contribution in [0.1, 0.15) is 35.3 Å². The molecule has 0 N–H and O–H groups in total. The van der Waals surface area contributed by atoms with E-state index < -0.39 is 0 Å². The van der Waals surface area contributed by atoms with Gasteiger partial charge < -0.3 is 0 Å². The topological polar surface area (TPSA) is 54.5 Å². The smallest absolute Gasteiger partial charge is 0.190 e. The van der Waals surface area contributed by atoms with E-state index in [9.17, 15) is 5.26 Å². The van der Waals surface area contributed by atoms with Crippen LogP contribution in [-0.2, 0) is 0 Å². The average Bonchev–Trinajstić information content (AvgIpc) is 3.01. The normalized spacial score (nSPS) is 11.9. The van der Waals surface area contributed by atoms with Crippen molar-refractivity contribution >= 4 is 0 Å². The molecule has 4 heteroatoms. The molecule has 3 rings (SSSR count). The van der Waals surface area contributed by atoms with E-state index in [1.807, 2.05) is 28.9 Å². The summed E-state index contributed by atoms with van der Waals surface area (Å²) in [5.41, 5.74) is 5.64. The molecule has 114 valence electrons. The lowest BCUT2D eigenvalue weighted by Gasteiger charge is -2.16. The van der Waals surface area contributed by atoms with E-state index in [1.54, 1.807) is 0 Å². The van der Waals surface area contributed by atoms with Gasteiger partial charge in [0.15, 0.2) is 5.69 Å². The molecule has 0 radical (unpaired) electrons. The largest absolute Gasteiger partial charge is 0.236 e. The zero-order valence-electron chi connectivity index (χ0n) is 13.5. The van der Waals surface area contributed by atoms with Crippen LogP contribution in [0, 0.1) is 25.2 Å². The van der Waals surface area contributed by atoms with Crippen molar-refractivity contribution in [2.45, 2.75) is 26.8 Å². The van der Waals surface area contributed by atoms with Gasteiger partial charge in [0.2, 0.25) is 0 Å². The minimum atomic E-state index is 0.00223. The molecule has 23 heavy (non-hydrogen) atoms. The molecule has 3 aromatic rings. The summed E-state index contributed by atoms with van der Waals surface area (Å²) in [5.74, 6) is 0. The van der Waals surface area contributed by atoms with Crippen molar-refractivity contribution < 1.29 is 0 Å². The van der Waals surface area contributed by atoms with E-state index in [0.717, 1.165) is 16.8 Å². The van der Waals surface area contributed by atoms with Gasteiger partial charge in [-0.1, -0.05) is 47.7 Å². The standard InChI is InChI=1S/C19H18N4/c1-13-9-10-17(11-14(13)2)19-18(12-20)21-22-23(19)15(3)16-7-5-4-6-8-16/h4-11,15H,1-3H3. The van der Waals surface area contributed by atoms with Gasteiger partial charge in [-0.25, -0.2) is 4.68 Å². The Balaban J connectivity index is 2.15. The lowest BCUT2D eigenvalue weighted by Crippen LogP contribution is -2.10. The summed E-state index contributed by atoms with van der Waals surface area (Å²) in [5, 5.41) is 17.7. The first-order valence-electron chi connectivity index (χ1n) is 7.59. The van der Waals surface area contributed by atoms with Crippen LogP contribution in [0.4, 0.5) is 0 Å². The van der Waals surface area contributed by atoms with Crippen LogP contribution < -0.4 is 0 Å². The lowest BCUT2D eigenvalue weighted by molar-refractivity contribution is 0.548. The molecule has 0 spiro atoms. The summed E-state index contributed by atoms with van der Waals surface area (Å²) in [7, 11) is 0. The number of hydrogen-bond donors (Lipinski definition) is 0. The van der Waals surface area contributed by atoms with Crippen molar-refractivity contribution in [3.63, 3.8) is 0 Å². The Bertz CT molecular complexity index is 872. The molecule has 1 atom stereocenters. The van der Waals surface area contributed by atoms with Crippen molar-refractivity contribution in [3.8, 4) is 17.3 Å². The van der Waals surface area contributed by atoms with Gasteiger partial charge in [-0.05, 0) is 43.5 Å². The third-order valence-electron chi connectivity index (χ3n) is 4.23. The summed E-state index contributed by atoms with van der Waals surface area (Å²) in [6.07, 6.45) is 0. The second-order valence-corrected chi connectivity index (χ2v) is 5.73. The molecule has 2 aromatic carbocycles. The van der Waals surface area contributed by atoms with E-state index in [4.69, 9.17) is 0 Å². The van der Waals surface area contributed by atoms with Crippen LogP contribution in [0.2, 0.25) is 0 Å². The molecule has 1 unspecified atom stereocenters. The highest BCUT2D eigenvalue weighted by molar-refractivity contribution is 5.66. The van der Waals surface area contributed by atoms with Gasteiger partial charge in [-0.3, -0.25) is 0 Å². The van der Waals surface area contributed by atoms with Crippen molar-refractivity contribution in [2.24, 2.45) is 0 Å². The maximum Gasteiger partial charge on any atom is 0.190 e. The third-order valence-corrected chi connectivity index (χ3v) is 4.23.